The van der Waals surface area contributed by atoms with Crippen molar-refractivity contribution in [2.45, 2.75) is 26.1 Å². The van der Waals surface area contributed by atoms with Crippen molar-refractivity contribution in [2.75, 3.05) is 38.6 Å². The molecule has 0 amide bonds. The molecule has 0 saturated heterocycles. The van der Waals surface area contributed by atoms with Crippen molar-refractivity contribution < 1.29 is 0 Å². The Bertz CT molecular complexity index is 364. The van der Waals surface area contributed by atoms with Crippen molar-refractivity contribution in [1.82, 2.24) is 4.90 Å². The maximum absolute atomic E-state index is 5.87. The van der Waals surface area contributed by atoms with Gasteiger partial charge in [-0.25, -0.2) is 0 Å². The molecule has 0 spiro atoms. The van der Waals surface area contributed by atoms with E-state index in [-0.39, 0.29) is 0 Å². The van der Waals surface area contributed by atoms with Crippen LogP contribution in [0.25, 0.3) is 0 Å². The second kappa shape index (κ2) is 7.65. The Morgan fingerprint density at radius 1 is 1.11 bits per heavy atom. The first-order chi connectivity index (χ1) is 8.58. The minimum Gasteiger partial charge on any atom is -0.370 e. The van der Waals surface area contributed by atoms with E-state index >= 15 is 0 Å². The lowest BCUT2D eigenvalue weighted by molar-refractivity contribution is 0.413. The second-order valence-corrected chi connectivity index (χ2v) is 5.31. The van der Waals surface area contributed by atoms with Crippen molar-refractivity contribution in [3.8, 4) is 0 Å². The molecule has 0 N–H and O–H groups in total. The summed E-state index contributed by atoms with van der Waals surface area (Å²) in [5.41, 5.74) is 3.86. The first-order valence-electron chi connectivity index (χ1n) is 6.63. The van der Waals surface area contributed by atoms with Gasteiger partial charge in [0.2, 0.25) is 0 Å². The molecule has 2 nitrogen and oxygen atoms in total. The second-order valence-electron chi connectivity index (χ2n) is 5.04. The quantitative estimate of drug-likeness (QED) is 0.699. The lowest BCUT2D eigenvalue weighted by Gasteiger charge is -2.27. The smallest absolute Gasteiger partial charge is 0.0474 e. The van der Waals surface area contributed by atoms with Gasteiger partial charge in [0.25, 0.3) is 0 Å². The number of halogens is 1. The van der Waals surface area contributed by atoms with Crippen molar-refractivity contribution in [3.63, 3.8) is 0 Å². The normalized spacial score (nSPS) is 11.0. The molecule has 1 aromatic carbocycles. The standard InChI is InChI=1S/C15H25ClN2/c1-5-8-18(10-9-17(3)4)15-7-6-14(12-16)11-13(15)2/h6-7,11H,5,8-10,12H2,1-4H3. The molecule has 0 aromatic heterocycles. The minimum atomic E-state index is 0.590. The monoisotopic (exact) mass is 268 g/mol. The van der Waals surface area contributed by atoms with Crippen LogP contribution in [0, 0.1) is 6.92 Å². The zero-order valence-corrected chi connectivity index (χ0v) is 12.8. The Morgan fingerprint density at radius 2 is 1.83 bits per heavy atom. The summed E-state index contributed by atoms with van der Waals surface area (Å²) in [4.78, 5) is 4.69. The maximum atomic E-state index is 5.87. The predicted octanol–water partition coefficient (Wildman–Crippen LogP) is 3.51. The van der Waals surface area contributed by atoms with E-state index in [1.807, 2.05) is 0 Å². The third-order valence-corrected chi connectivity index (χ3v) is 3.38. The molecule has 0 radical (unpaired) electrons. The third kappa shape index (κ3) is 4.51. The Balaban J connectivity index is 2.84. The van der Waals surface area contributed by atoms with Crippen LogP contribution in [0.2, 0.25) is 0 Å². The first kappa shape index (κ1) is 15.3. The highest BCUT2D eigenvalue weighted by Crippen LogP contribution is 2.22. The molecule has 0 aliphatic heterocycles. The summed E-state index contributed by atoms with van der Waals surface area (Å²) in [6.07, 6.45) is 1.17. The van der Waals surface area contributed by atoms with Crippen LogP contribution in [0.1, 0.15) is 24.5 Å². The molecule has 0 aliphatic carbocycles. The van der Waals surface area contributed by atoms with E-state index < -0.39 is 0 Å². The van der Waals surface area contributed by atoms with Crippen molar-refractivity contribution in [2.24, 2.45) is 0 Å². The molecule has 0 fully saturated rings. The number of aryl methyl sites for hydroxylation is 1. The van der Waals surface area contributed by atoms with Crippen molar-refractivity contribution in [3.05, 3.63) is 29.3 Å². The summed E-state index contributed by atoms with van der Waals surface area (Å²) >= 11 is 5.87. The molecule has 0 atom stereocenters. The van der Waals surface area contributed by atoms with E-state index in [0.717, 1.165) is 19.6 Å². The van der Waals surface area contributed by atoms with Crippen LogP contribution in [-0.4, -0.2) is 38.6 Å². The fourth-order valence-corrected chi connectivity index (χ4v) is 2.27. The SMILES string of the molecule is CCCN(CCN(C)C)c1ccc(CCl)cc1C. The molecule has 3 heteroatoms. The molecule has 0 bridgehead atoms. The fourth-order valence-electron chi connectivity index (χ4n) is 2.10. The summed E-state index contributed by atoms with van der Waals surface area (Å²) in [6, 6.07) is 6.53. The van der Waals surface area contributed by atoms with Gasteiger partial charge in [-0.1, -0.05) is 19.1 Å². The van der Waals surface area contributed by atoms with Gasteiger partial charge in [0.05, 0.1) is 0 Å². The van der Waals surface area contributed by atoms with Gasteiger partial charge in [-0.15, -0.1) is 11.6 Å². The van der Waals surface area contributed by atoms with Crippen LogP contribution < -0.4 is 4.90 Å². The molecule has 1 aromatic rings. The fraction of sp³-hybridized carbons (Fsp3) is 0.600. The van der Waals surface area contributed by atoms with Crippen LogP contribution in [-0.2, 0) is 5.88 Å². The lowest BCUT2D eigenvalue weighted by atomic mass is 10.1. The van der Waals surface area contributed by atoms with Crippen molar-refractivity contribution >= 4 is 17.3 Å². The van der Waals surface area contributed by atoms with Gasteiger partial charge in [-0.2, -0.15) is 0 Å². The van der Waals surface area contributed by atoms with E-state index in [1.165, 1.54) is 23.2 Å². The number of rotatable bonds is 7. The number of nitrogens with zero attached hydrogens (tertiary/aromatic N) is 2. The number of alkyl halides is 1. The molecule has 1 rings (SSSR count). The molecule has 18 heavy (non-hydrogen) atoms. The summed E-state index contributed by atoms with van der Waals surface area (Å²) in [6.45, 7) is 7.66. The van der Waals surface area contributed by atoms with Gasteiger partial charge in [0.1, 0.15) is 0 Å². The highest BCUT2D eigenvalue weighted by Gasteiger charge is 2.09. The van der Waals surface area contributed by atoms with Gasteiger partial charge in [0, 0.05) is 31.2 Å². The third-order valence-electron chi connectivity index (χ3n) is 3.07. The first-order valence-corrected chi connectivity index (χ1v) is 7.17. The van der Waals surface area contributed by atoms with Gasteiger partial charge >= 0.3 is 0 Å². The summed E-state index contributed by atoms with van der Waals surface area (Å²) in [5, 5.41) is 0. The molecule has 0 saturated carbocycles. The number of hydrogen-bond donors (Lipinski definition) is 0. The average molecular weight is 269 g/mol. The Morgan fingerprint density at radius 3 is 2.33 bits per heavy atom. The number of hydrogen-bond acceptors (Lipinski definition) is 2. The highest BCUT2D eigenvalue weighted by molar-refractivity contribution is 6.17. The number of anilines is 1. The van der Waals surface area contributed by atoms with E-state index in [4.69, 9.17) is 11.6 Å². The lowest BCUT2D eigenvalue weighted by Crippen LogP contribution is -2.32. The molecule has 0 heterocycles. The zero-order chi connectivity index (χ0) is 13.5. The van der Waals surface area contributed by atoms with Crippen LogP contribution in [0.15, 0.2) is 18.2 Å². The van der Waals surface area contributed by atoms with Gasteiger partial charge in [-0.05, 0) is 44.6 Å². The van der Waals surface area contributed by atoms with Crippen LogP contribution in [0.5, 0.6) is 0 Å². The topological polar surface area (TPSA) is 6.48 Å². The van der Waals surface area contributed by atoms with E-state index in [0.29, 0.717) is 5.88 Å². The van der Waals surface area contributed by atoms with Crippen LogP contribution in [0.4, 0.5) is 5.69 Å². The van der Waals surface area contributed by atoms with Gasteiger partial charge in [0.15, 0.2) is 0 Å². The predicted molar refractivity (Wildman–Crippen MR) is 81.8 cm³/mol. The van der Waals surface area contributed by atoms with Crippen molar-refractivity contribution in [1.29, 1.82) is 0 Å². The van der Waals surface area contributed by atoms with Gasteiger partial charge in [-0.3, -0.25) is 0 Å². The van der Waals surface area contributed by atoms with Gasteiger partial charge < -0.3 is 9.80 Å². The zero-order valence-electron chi connectivity index (χ0n) is 12.0. The summed E-state index contributed by atoms with van der Waals surface area (Å²) in [5.74, 6) is 0.590. The minimum absolute atomic E-state index is 0.590. The summed E-state index contributed by atoms with van der Waals surface area (Å²) < 4.78 is 0. The van der Waals surface area contributed by atoms with Crippen LogP contribution in [0.3, 0.4) is 0 Å². The van der Waals surface area contributed by atoms with E-state index in [1.54, 1.807) is 0 Å². The Kier molecular flexibility index (Phi) is 6.51. The maximum Gasteiger partial charge on any atom is 0.0474 e. The van der Waals surface area contributed by atoms with Crippen LogP contribution >= 0.6 is 11.6 Å². The molecule has 0 aliphatic rings. The average Bonchev–Trinajstić information content (AvgIpc) is 2.34. The number of benzene rings is 1. The summed E-state index contributed by atoms with van der Waals surface area (Å²) in [7, 11) is 4.24. The molecular formula is C15H25ClN2. The van der Waals surface area contributed by atoms with E-state index in [9.17, 15) is 0 Å². The molecular weight excluding hydrogens is 244 g/mol. The highest BCUT2D eigenvalue weighted by atomic mass is 35.5. The molecule has 0 unspecified atom stereocenters. The number of likely N-dealkylation sites (N-methyl/N-ethyl adjacent to an activating group) is 1. The Labute approximate surface area is 117 Å². The van der Waals surface area contributed by atoms with E-state index in [2.05, 4.69) is 55.9 Å². The Hall–Kier alpha value is -0.730. The largest absolute Gasteiger partial charge is 0.370 e. The molecule has 102 valence electrons.